The Morgan fingerprint density at radius 2 is 1.85 bits per heavy atom. The van der Waals surface area contributed by atoms with Gasteiger partial charge in [0.25, 0.3) is 0 Å². The van der Waals surface area contributed by atoms with Crippen molar-refractivity contribution in [3.05, 3.63) is 30.7 Å². The first-order valence-corrected chi connectivity index (χ1v) is 9.12. The van der Waals surface area contributed by atoms with Crippen molar-refractivity contribution >= 4 is 17.6 Å². The molecule has 27 heavy (non-hydrogen) atoms. The van der Waals surface area contributed by atoms with Crippen LogP contribution in [0.1, 0.15) is 5.69 Å². The van der Waals surface area contributed by atoms with E-state index in [-0.39, 0.29) is 17.7 Å². The average molecular weight is 374 g/mol. The molecule has 1 aromatic rings. The third-order valence-corrected chi connectivity index (χ3v) is 4.55. The van der Waals surface area contributed by atoms with Crippen molar-refractivity contribution in [1.29, 1.82) is 0 Å². The molecule has 0 aromatic carbocycles. The van der Waals surface area contributed by atoms with Gasteiger partial charge >= 0.3 is 0 Å². The molecular formula is C19H30N6O2. The second kappa shape index (κ2) is 9.45. The lowest BCUT2D eigenvalue weighted by Crippen LogP contribution is -2.41. The van der Waals surface area contributed by atoms with E-state index in [1.807, 2.05) is 49.0 Å². The fraction of sp³-hybridized carbons (Fsp3) is 0.579. The van der Waals surface area contributed by atoms with Crippen LogP contribution in [0, 0.1) is 5.92 Å². The van der Waals surface area contributed by atoms with E-state index in [1.54, 1.807) is 11.2 Å². The highest BCUT2D eigenvalue weighted by Gasteiger charge is 2.28. The first-order chi connectivity index (χ1) is 12.8. The van der Waals surface area contributed by atoms with Crippen molar-refractivity contribution in [2.24, 2.45) is 5.92 Å². The summed E-state index contributed by atoms with van der Waals surface area (Å²) in [6.07, 6.45) is 3.57. The van der Waals surface area contributed by atoms with Crippen LogP contribution in [-0.2, 0) is 16.0 Å². The van der Waals surface area contributed by atoms with E-state index < -0.39 is 0 Å². The van der Waals surface area contributed by atoms with Crippen molar-refractivity contribution in [2.75, 3.05) is 65.8 Å². The third-order valence-electron chi connectivity index (χ3n) is 4.55. The predicted molar refractivity (Wildman–Crippen MR) is 105 cm³/mol. The maximum Gasteiger partial charge on any atom is 0.246 e. The van der Waals surface area contributed by atoms with Crippen molar-refractivity contribution in [2.45, 2.75) is 6.42 Å². The van der Waals surface area contributed by atoms with E-state index in [1.165, 1.54) is 6.08 Å². The number of hydrogen-bond acceptors (Lipinski definition) is 6. The monoisotopic (exact) mass is 374 g/mol. The number of anilines is 1. The summed E-state index contributed by atoms with van der Waals surface area (Å²) in [5.41, 5.74) is 0.909. The molecule has 8 nitrogen and oxygen atoms in total. The number of carbonyl (C=O) groups is 2. The molecule has 2 amide bonds. The summed E-state index contributed by atoms with van der Waals surface area (Å²) < 4.78 is 0. The van der Waals surface area contributed by atoms with Crippen molar-refractivity contribution in [3.63, 3.8) is 0 Å². The lowest BCUT2D eigenvalue weighted by Gasteiger charge is -2.25. The van der Waals surface area contributed by atoms with Crippen molar-refractivity contribution in [3.8, 4) is 0 Å². The zero-order valence-electron chi connectivity index (χ0n) is 16.8. The van der Waals surface area contributed by atoms with E-state index in [4.69, 9.17) is 0 Å². The smallest absolute Gasteiger partial charge is 0.246 e. The maximum absolute atomic E-state index is 12.6. The van der Waals surface area contributed by atoms with Gasteiger partial charge in [0.05, 0.1) is 6.54 Å². The number of aromatic nitrogens is 2. The summed E-state index contributed by atoms with van der Waals surface area (Å²) in [7, 11) is 7.63. The first-order valence-electron chi connectivity index (χ1n) is 9.12. The fourth-order valence-corrected chi connectivity index (χ4v) is 3.20. The van der Waals surface area contributed by atoms with Gasteiger partial charge in [-0.15, -0.1) is 0 Å². The summed E-state index contributed by atoms with van der Waals surface area (Å²) in [5, 5.41) is 0. The molecule has 8 heteroatoms. The maximum atomic E-state index is 12.6. The van der Waals surface area contributed by atoms with Crippen LogP contribution in [0.2, 0.25) is 0 Å². The quantitative estimate of drug-likeness (QED) is 0.659. The minimum atomic E-state index is -0.0985. The van der Waals surface area contributed by atoms with Crippen LogP contribution in [0.15, 0.2) is 25.0 Å². The number of likely N-dealkylation sites (N-methyl/N-ethyl adjacent to an activating group) is 1. The van der Waals surface area contributed by atoms with Gasteiger partial charge in [-0.3, -0.25) is 9.59 Å². The van der Waals surface area contributed by atoms with Crippen LogP contribution in [0.3, 0.4) is 0 Å². The van der Waals surface area contributed by atoms with Gasteiger partial charge < -0.3 is 19.6 Å². The summed E-state index contributed by atoms with van der Waals surface area (Å²) in [6, 6.07) is 1.95. The molecule has 0 saturated carbocycles. The van der Waals surface area contributed by atoms with Gasteiger partial charge in [0.1, 0.15) is 12.1 Å². The molecule has 0 spiro atoms. The Hall–Kier alpha value is -2.48. The molecule has 0 radical (unpaired) electrons. The summed E-state index contributed by atoms with van der Waals surface area (Å²) in [5.74, 6) is 0.925. The molecule has 1 aromatic heterocycles. The highest BCUT2D eigenvalue weighted by atomic mass is 16.2. The lowest BCUT2D eigenvalue weighted by molar-refractivity contribution is -0.132. The molecule has 0 N–H and O–H groups in total. The highest BCUT2D eigenvalue weighted by molar-refractivity contribution is 5.87. The molecule has 2 rings (SSSR count). The summed E-state index contributed by atoms with van der Waals surface area (Å²) in [6.45, 7) is 6.20. The minimum absolute atomic E-state index is 0.0783. The zero-order valence-corrected chi connectivity index (χ0v) is 16.8. The van der Waals surface area contributed by atoms with E-state index in [2.05, 4.69) is 16.5 Å². The van der Waals surface area contributed by atoms with Gasteiger partial charge in [0.2, 0.25) is 11.8 Å². The van der Waals surface area contributed by atoms with E-state index in [0.29, 0.717) is 39.1 Å². The molecule has 2 heterocycles. The lowest BCUT2D eigenvalue weighted by atomic mass is 10.0. The Labute approximate surface area is 161 Å². The Bertz CT molecular complexity index is 676. The zero-order chi connectivity index (χ0) is 20.0. The number of rotatable bonds is 6. The number of amides is 2. The Morgan fingerprint density at radius 3 is 2.48 bits per heavy atom. The third kappa shape index (κ3) is 6.02. The van der Waals surface area contributed by atoms with E-state index in [0.717, 1.165) is 11.5 Å². The molecule has 0 bridgehead atoms. The first kappa shape index (κ1) is 20.8. The van der Waals surface area contributed by atoms with Gasteiger partial charge in [-0.05, 0) is 32.5 Å². The molecular weight excluding hydrogens is 344 g/mol. The Balaban J connectivity index is 2.18. The summed E-state index contributed by atoms with van der Waals surface area (Å²) in [4.78, 5) is 40.8. The molecule has 1 unspecified atom stereocenters. The van der Waals surface area contributed by atoms with Crippen LogP contribution in [0.4, 0.5) is 5.82 Å². The van der Waals surface area contributed by atoms with Crippen LogP contribution in [0.5, 0.6) is 0 Å². The van der Waals surface area contributed by atoms with Crippen molar-refractivity contribution in [1.82, 2.24) is 24.7 Å². The fourth-order valence-electron chi connectivity index (χ4n) is 3.20. The second-order valence-corrected chi connectivity index (χ2v) is 7.40. The molecule has 1 fully saturated rings. The van der Waals surface area contributed by atoms with Crippen LogP contribution in [-0.4, -0.2) is 97.4 Å². The molecule has 1 atom stereocenters. The van der Waals surface area contributed by atoms with E-state index in [9.17, 15) is 9.59 Å². The average Bonchev–Trinajstić information content (AvgIpc) is 2.83. The van der Waals surface area contributed by atoms with Gasteiger partial charge in [-0.2, -0.15) is 0 Å². The largest absolute Gasteiger partial charge is 0.363 e. The molecule has 1 aliphatic rings. The SMILES string of the molecule is C=CC(=O)N1CCN(C(=O)CN(C)C)CC(Cc2cc(N(C)C)ncn2)C1. The highest BCUT2D eigenvalue weighted by Crippen LogP contribution is 2.17. The van der Waals surface area contributed by atoms with Gasteiger partial charge in [0.15, 0.2) is 0 Å². The van der Waals surface area contributed by atoms with Crippen molar-refractivity contribution < 1.29 is 9.59 Å². The second-order valence-electron chi connectivity index (χ2n) is 7.40. The topological polar surface area (TPSA) is 72.9 Å². The van der Waals surface area contributed by atoms with Crippen LogP contribution in [0.25, 0.3) is 0 Å². The standard InChI is InChI=1S/C19H30N6O2/c1-6-18(26)24-7-8-25(19(27)13-22(2)3)12-15(11-24)9-16-10-17(23(4)5)21-14-20-16/h6,10,14-15H,1,7-9,11-13H2,2-5H3. The normalized spacial score (nSPS) is 17.6. The van der Waals surface area contributed by atoms with Gasteiger partial charge in [0, 0.05) is 52.0 Å². The Kier molecular flexibility index (Phi) is 7.29. The number of hydrogen-bond donors (Lipinski definition) is 0. The molecule has 1 aliphatic heterocycles. The van der Waals surface area contributed by atoms with E-state index >= 15 is 0 Å². The molecule has 0 aliphatic carbocycles. The van der Waals surface area contributed by atoms with Gasteiger partial charge in [-0.1, -0.05) is 6.58 Å². The minimum Gasteiger partial charge on any atom is -0.363 e. The predicted octanol–water partition coefficient (Wildman–Crippen LogP) is 0.120. The van der Waals surface area contributed by atoms with Gasteiger partial charge in [-0.25, -0.2) is 9.97 Å². The molecule has 148 valence electrons. The summed E-state index contributed by atoms with van der Waals surface area (Å²) >= 11 is 0. The number of nitrogens with zero attached hydrogens (tertiary/aromatic N) is 6. The van der Waals surface area contributed by atoms with Crippen LogP contribution < -0.4 is 4.90 Å². The number of carbonyl (C=O) groups excluding carboxylic acids is 2. The Morgan fingerprint density at radius 1 is 1.19 bits per heavy atom. The van der Waals surface area contributed by atoms with Crippen LogP contribution >= 0.6 is 0 Å². The molecule has 1 saturated heterocycles.